The molecule has 302 valence electrons. The first kappa shape index (κ1) is 52.2. The molecule has 0 aliphatic heterocycles. The molecule has 0 bridgehead atoms. The minimum Gasteiger partial charge on any atom is -0.481 e. The van der Waals surface area contributed by atoms with Gasteiger partial charge in [-0.2, -0.15) is 0 Å². The lowest BCUT2D eigenvalue weighted by Crippen LogP contribution is -2.43. The third-order valence-electron chi connectivity index (χ3n) is 6.14. The van der Waals surface area contributed by atoms with Gasteiger partial charge in [0.25, 0.3) is 0 Å². The van der Waals surface area contributed by atoms with E-state index in [9.17, 15) is 47.9 Å². The molecule has 0 aliphatic carbocycles. The first-order valence-corrected chi connectivity index (χ1v) is 16.9. The Kier molecular flexibility index (Phi) is 35.4. The molecule has 0 aliphatic rings. The molecule has 10 N–H and O–H groups in total. The van der Waals surface area contributed by atoms with Crippen molar-refractivity contribution < 1.29 is 78.6 Å². The van der Waals surface area contributed by atoms with E-state index in [2.05, 4.69) is 23.7 Å². The summed E-state index contributed by atoms with van der Waals surface area (Å²) in [6.45, 7) is -2.78. The molecule has 0 saturated carbocycles. The number of carboxylic acids is 6. The van der Waals surface area contributed by atoms with E-state index in [0.717, 1.165) is 89.9 Å². The summed E-state index contributed by atoms with van der Waals surface area (Å²) in [6, 6.07) is 0. The fourth-order valence-electron chi connectivity index (χ4n) is 3.55. The van der Waals surface area contributed by atoms with Crippen LogP contribution >= 0.6 is 0 Å². The zero-order valence-corrected chi connectivity index (χ0v) is 29.9. The molecule has 0 unspecified atom stereocenters. The van der Waals surface area contributed by atoms with Crippen LogP contribution in [0, 0.1) is 23.7 Å². The second-order valence-electron chi connectivity index (χ2n) is 10.9. The maximum Gasteiger partial charge on any atom is 0.322 e. The van der Waals surface area contributed by atoms with E-state index in [1.54, 1.807) is 21.3 Å². The smallest absolute Gasteiger partial charge is 0.322 e. The Labute approximate surface area is 311 Å². The predicted molar refractivity (Wildman–Crippen MR) is 187 cm³/mol. The predicted octanol–water partition coefficient (Wildman–Crippen LogP) is 0.180. The lowest BCUT2D eigenvalue weighted by molar-refractivity contribution is -0.143. The molecule has 20 nitrogen and oxygen atoms in total. The van der Waals surface area contributed by atoms with Crippen LogP contribution in [0.5, 0.6) is 0 Å². The first-order chi connectivity index (χ1) is 25.5. The normalized spacial score (nSPS) is 9.26. The lowest BCUT2D eigenvalue weighted by atomic mass is 10.1. The molecule has 0 spiro atoms. The molecule has 0 rings (SSSR count). The first-order valence-electron chi connectivity index (χ1n) is 16.9. The number of aliphatic carboxylic acids is 6. The van der Waals surface area contributed by atoms with Crippen molar-refractivity contribution in [3.05, 3.63) is 0 Å². The Morgan fingerprint density at radius 1 is 0.315 bits per heavy atom. The highest BCUT2D eigenvalue weighted by molar-refractivity contribution is 6.36. The molecule has 0 aromatic carbocycles. The van der Waals surface area contributed by atoms with E-state index < -0.39 is 85.6 Å². The summed E-state index contributed by atoms with van der Waals surface area (Å²) in [5.74, 6) is 0.637. The Hall–Kier alpha value is -6.18. The van der Waals surface area contributed by atoms with Crippen LogP contribution in [0.3, 0.4) is 0 Å². The molecule has 0 fully saturated rings. The summed E-state index contributed by atoms with van der Waals surface area (Å²) in [6.07, 6.45) is 15.0. The molecule has 0 saturated heterocycles. The third kappa shape index (κ3) is 45.8. The zero-order chi connectivity index (χ0) is 41.6. The molecule has 0 atom stereocenters. The van der Waals surface area contributed by atoms with Gasteiger partial charge in [0.05, 0.1) is 0 Å². The fraction of sp³-hybridized carbons (Fsp3) is 0.588. The summed E-state index contributed by atoms with van der Waals surface area (Å²) >= 11 is 0. The Morgan fingerprint density at radius 3 is 0.759 bits per heavy atom. The summed E-state index contributed by atoms with van der Waals surface area (Å²) in [7, 11) is 0. The number of unbranched alkanes of at least 4 members (excludes halogenated alkanes) is 12. The number of carboxylic acid groups (broad SMARTS) is 6. The van der Waals surface area contributed by atoms with Gasteiger partial charge < -0.3 is 51.9 Å². The van der Waals surface area contributed by atoms with Crippen LogP contribution in [0.1, 0.15) is 103 Å². The van der Waals surface area contributed by atoms with E-state index >= 15 is 0 Å². The van der Waals surface area contributed by atoms with Crippen molar-refractivity contribution in [1.29, 1.82) is 0 Å². The average Bonchev–Trinajstić information content (AvgIpc) is 3.10. The van der Waals surface area contributed by atoms with Gasteiger partial charge in [0, 0.05) is 25.7 Å². The van der Waals surface area contributed by atoms with Crippen molar-refractivity contribution in [2.45, 2.75) is 103 Å². The summed E-state index contributed by atoms with van der Waals surface area (Å²) in [5, 5.41) is 56.6. The minimum absolute atomic E-state index is 0.289. The van der Waals surface area contributed by atoms with E-state index in [4.69, 9.17) is 30.6 Å². The highest BCUT2D eigenvalue weighted by atomic mass is 16.4. The van der Waals surface area contributed by atoms with Crippen LogP contribution in [-0.4, -0.2) is 116 Å². The van der Waals surface area contributed by atoms with Gasteiger partial charge in [0.15, 0.2) is 0 Å². The summed E-state index contributed by atoms with van der Waals surface area (Å²) in [5.41, 5.74) is 0. The van der Waals surface area contributed by atoms with E-state index in [1.807, 2.05) is 0 Å². The molecule has 0 heterocycles. The molecule has 0 radical (unpaired) electrons. The quantitative estimate of drug-likeness (QED) is 0.0355. The minimum atomic E-state index is -1.30. The van der Waals surface area contributed by atoms with Gasteiger partial charge >= 0.3 is 59.4 Å². The molecule has 4 amide bonds. The highest BCUT2D eigenvalue weighted by Crippen LogP contribution is 2.09. The maximum absolute atomic E-state index is 10.7. The van der Waals surface area contributed by atoms with Crippen LogP contribution in [0.25, 0.3) is 0 Å². The SMILES string of the molecule is O=C(O)CCCCCCCCC#CC#CCCCCCCCCC(=O)O.O=C(O)CNC(=O)C(=O)NCC(=O)O.O=C(O)CNC(=O)C(=O)NCC(=O)O. The summed E-state index contributed by atoms with van der Waals surface area (Å²) in [4.78, 5) is 103. The molecule has 20 heteroatoms. The van der Waals surface area contributed by atoms with Crippen LogP contribution in [0.4, 0.5) is 0 Å². The van der Waals surface area contributed by atoms with Crippen molar-refractivity contribution in [1.82, 2.24) is 21.3 Å². The topological polar surface area (TPSA) is 340 Å². The van der Waals surface area contributed by atoms with Crippen LogP contribution in [0.2, 0.25) is 0 Å². The van der Waals surface area contributed by atoms with E-state index in [1.165, 1.54) is 0 Å². The van der Waals surface area contributed by atoms with Crippen LogP contribution in [0.15, 0.2) is 0 Å². The second kappa shape index (κ2) is 36.6. The number of carbonyl (C=O) groups excluding carboxylic acids is 4. The largest absolute Gasteiger partial charge is 0.481 e. The van der Waals surface area contributed by atoms with E-state index in [-0.39, 0.29) is 12.8 Å². The van der Waals surface area contributed by atoms with E-state index in [0.29, 0.717) is 0 Å². The fourth-order valence-corrected chi connectivity index (χ4v) is 3.55. The summed E-state index contributed by atoms with van der Waals surface area (Å²) < 4.78 is 0. The van der Waals surface area contributed by atoms with Gasteiger partial charge in [-0.15, -0.1) is 0 Å². The molecule has 54 heavy (non-hydrogen) atoms. The van der Waals surface area contributed by atoms with Gasteiger partial charge in [-0.1, -0.05) is 63.2 Å². The molecular weight excluding hydrogens is 720 g/mol. The van der Waals surface area contributed by atoms with Crippen LogP contribution < -0.4 is 21.3 Å². The Bertz CT molecular complexity index is 1200. The monoisotopic (exact) mass is 770 g/mol. The van der Waals surface area contributed by atoms with Crippen molar-refractivity contribution in [2.24, 2.45) is 0 Å². The van der Waals surface area contributed by atoms with Crippen molar-refractivity contribution in [2.75, 3.05) is 26.2 Å². The Morgan fingerprint density at radius 2 is 0.537 bits per heavy atom. The molecular formula is C34H50N4O16. The highest BCUT2D eigenvalue weighted by Gasteiger charge is 2.15. The van der Waals surface area contributed by atoms with Crippen molar-refractivity contribution in [3.63, 3.8) is 0 Å². The van der Waals surface area contributed by atoms with Crippen molar-refractivity contribution >= 4 is 59.4 Å². The number of nitrogens with one attached hydrogen (secondary N) is 4. The lowest BCUT2D eigenvalue weighted by Gasteiger charge is -2.01. The number of carbonyl (C=O) groups is 10. The van der Waals surface area contributed by atoms with Gasteiger partial charge in [0.2, 0.25) is 0 Å². The number of rotatable bonds is 24. The van der Waals surface area contributed by atoms with Gasteiger partial charge in [-0.3, -0.25) is 47.9 Å². The number of amides is 4. The number of hydrogen-bond donors (Lipinski definition) is 10. The standard InChI is InChI=1S/C22H34O4.2C6H8N2O6/c23-21(24)19-17-15-13-11-9-7-5-3-1-2-4-6-8-10-12-14-16-18-20-22(25)26;2*9-3(10)1-7-5(13)6(14)8-2-4(11)12/h5-20H2,(H,23,24)(H,25,26);2*1-2H2,(H,7,13)(H,8,14)(H,9,10)(H,11,12). The average molecular weight is 771 g/mol. The molecule has 0 aromatic rings. The van der Waals surface area contributed by atoms with Gasteiger partial charge in [-0.05, 0) is 37.5 Å². The van der Waals surface area contributed by atoms with Gasteiger partial charge in [-0.25, -0.2) is 0 Å². The zero-order valence-electron chi connectivity index (χ0n) is 29.9. The Balaban J connectivity index is -0.000000787. The second-order valence-corrected chi connectivity index (χ2v) is 10.9. The number of hydrogen-bond acceptors (Lipinski definition) is 10. The third-order valence-corrected chi connectivity index (χ3v) is 6.14. The van der Waals surface area contributed by atoms with Crippen molar-refractivity contribution in [3.8, 4) is 23.7 Å². The maximum atomic E-state index is 10.7. The van der Waals surface area contributed by atoms with Gasteiger partial charge in [0.1, 0.15) is 26.2 Å². The van der Waals surface area contributed by atoms with Crippen LogP contribution in [-0.2, 0) is 47.9 Å². The molecule has 0 aromatic heterocycles.